The van der Waals surface area contributed by atoms with Crippen molar-refractivity contribution in [3.8, 4) is 11.4 Å². The summed E-state index contributed by atoms with van der Waals surface area (Å²) >= 11 is 0. The Hall–Kier alpha value is -5.39. The first-order chi connectivity index (χ1) is 18.6. The highest BCUT2D eigenvalue weighted by atomic mass is 16.5. The van der Waals surface area contributed by atoms with Crippen LogP contribution in [-0.4, -0.2) is 63.2 Å². The van der Waals surface area contributed by atoms with Crippen molar-refractivity contribution in [1.82, 2.24) is 19.7 Å². The number of ether oxygens (including phenoxy) is 1. The Bertz CT molecular complexity index is 1560. The molecular weight excluding hydrogens is 502 g/mol. The lowest BCUT2D eigenvalue weighted by atomic mass is 10.1. The predicted molar refractivity (Wildman–Crippen MR) is 145 cm³/mol. The second-order valence-electron chi connectivity index (χ2n) is 8.76. The van der Waals surface area contributed by atoms with Crippen LogP contribution in [0.2, 0.25) is 0 Å². The third-order valence-electron chi connectivity index (χ3n) is 5.85. The number of amides is 1. The minimum absolute atomic E-state index is 0.0680. The summed E-state index contributed by atoms with van der Waals surface area (Å²) in [4.78, 5) is 40.6. The summed E-state index contributed by atoms with van der Waals surface area (Å²) in [6.45, 7) is -0.114. The van der Waals surface area contributed by atoms with Crippen molar-refractivity contribution >= 4 is 23.4 Å². The van der Waals surface area contributed by atoms with E-state index in [1.165, 1.54) is 17.0 Å². The lowest BCUT2D eigenvalue weighted by molar-refractivity contribution is -0.130. The molecular formula is C27H27N7O5. The van der Waals surface area contributed by atoms with Crippen molar-refractivity contribution in [2.75, 3.05) is 26.0 Å². The minimum Gasteiger partial charge on any atom is -0.484 e. The Labute approximate surface area is 223 Å². The number of benzene rings is 3. The Kier molecular flexibility index (Phi) is 7.75. The quantitative estimate of drug-likeness (QED) is 0.153. The van der Waals surface area contributed by atoms with Gasteiger partial charge in [-0.2, -0.15) is 4.68 Å². The van der Waals surface area contributed by atoms with Gasteiger partial charge >= 0.3 is 11.7 Å². The SMILES string of the molecule is CN(C)C(=O)COc1ccc(C(Nc2ccc(C(=N)N)cc2)c2nn(-c3ccccc3C(=O)O)c(=O)[nH]2)cc1. The van der Waals surface area contributed by atoms with Crippen molar-refractivity contribution in [3.63, 3.8) is 0 Å². The number of nitrogens with one attached hydrogen (secondary N) is 3. The second kappa shape index (κ2) is 11.3. The number of para-hydroxylation sites is 1. The topological polar surface area (TPSA) is 179 Å². The molecule has 0 saturated heterocycles. The molecule has 39 heavy (non-hydrogen) atoms. The van der Waals surface area contributed by atoms with Gasteiger partial charge in [-0.05, 0) is 54.1 Å². The maximum absolute atomic E-state index is 12.9. The van der Waals surface area contributed by atoms with E-state index in [2.05, 4.69) is 15.4 Å². The van der Waals surface area contributed by atoms with Crippen LogP contribution in [0.5, 0.6) is 5.75 Å². The number of hydrogen-bond acceptors (Lipinski definition) is 7. The van der Waals surface area contributed by atoms with Crippen molar-refractivity contribution in [3.05, 3.63) is 106 Å². The van der Waals surface area contributed by atoms with Crippen LogP contribution in [0.25, 0.3) is 5.69 Å². The number of carboxylic acids is 1. The highest BCUT2D eigenvalue weighted by molar-refractivity contribution is 5.95. The molecule has 1 atom stereocenters. The highest BCUT2D eigenvalue weighted by Gasteiger charge is 2.22. The van der Waals surface area contributed by atoms with E-state index in [-0.39, 0.29) is 35.4 Å². The molecule has 200 valence electrons. The number of hydrogen-bond donors (Lipinski definition) is 5. The van der Waals surface area contributed by atoms with E-state index in [4.69, 9.17) is 15.9 Å². The molecule has 12 nitrogen and oxygen atoms in total. The monoisotopic (exact) mass is 529 g/mol. The molecule has 0 bridgehead atoms. The van der Waals surface area contributed by atoms with Crippen LogP contribution in [0.1, 0.15) is 33.4 Å². The average molecular weight is 530 g/mol. The molecule has 0 aliphatic carbocycles. The molecule has 0 spiro atoms. The molecule has 4 aromatic rings. The van der Waals surface area contributed by atoms with Gasteiger partial charge in [0.05, 0.1) is 11.3 Å². The number of H-pyrrole nitrogens is 1. The van der Waals surface area contributed by atoms with Crippen molar-refractivity contribution < 1.29 is 19.4 Å². The normalized spacial score (nSPS) is 11.4. The first kappa shape index (κ1) is 26.7. The summed E-state index contributed by atoms with van der Waals surface area (Å²) in [6.07, 6.45) is 0. The number of anilines is 1. The number of nitrogen functional groups attached to an aromatic ring is 1. The van der Waals surface area contributed by atoms with Gasteiger partial charge < -0.3 is 25.8 Å². The van der Waals surface area contributed by atoms with Crippen LogP contribution >= 0.6 is 0 Å². The Morgan fingerprint density at radius 2 is 1.77 bits per heavy atom. The van der Waals surface area contributed by atoms with Gasteiger partial charge in [-0.15, -0.1) is 5.10 Å². The third-order valence-corrected chi connectivity index (χ3v) is 5.85. The van der Waals surface area contributed by atoms with E-state index in [1.807, 2.05) is 0 Å². The average Bonchev–Trinajstić information content (AvgIpc) is 3.31. The molecule has 3 aromatic carbocycles. The molecule has 0 aliphatic heterocycles. The number of carbonyl (C=O) groups is 2. The minimum atomic E-state index is -1.19. The molecule has 12 heteroatoms. The fourth-order valence-electron chi connectivity index (χ4n) is 3.73. The zero-order valence-electron chi connectivity index (χ0n) is 21.2. The van der Waals surface area contributed by atoms with Gasteiger partial charge in [-0.1, -0.05) is 24.3 Å². The summed E-state index contributed by atoms with van der Waals surface area (Å²) in [5, 5.41) is 24.9. The van der Waals surface area contributed by atoms with Gasteiger partial charge in [-0.3, -0.25) is 15.2 Å². The van der Waals surface area contributed by atoms with E-state index >= 15 is 0 Å². The smallest absolute Gasteiger partial charge is 0.348 e. The summed E-state index contributed by atoms with van der Waals surface area (Å²) < 4.78 is 6.57. The number of nitrogens with zero attached hydrogens (tertiary/aromatic N) is 3. The molecule has 1 aromatic heterocycles. The standard InChI is InChI=1S/C27H27N7O5/c1-33(2)22(35)15-39-19-13-9-16(10-14-19)23(30-18-11-7-17(8-12-18)24(28)29)25-31-27(38)34(32-25)21-6-4-3-5-20(21)26(36)37/h3-14,23,30H,15H2,1-2H3,(H3,28,29)(H,36,37)(H,31,32,38). The predicted octanol–water partition coefficient (Wildman–Crippen LogP) is 2.21. The summed E-state index contributed by atoms with van der Waals surface area (Å²) in [5.74, 6) is -0.732. The molecule has 1 unspecified atom stereocenters. The van der Waals surface area contributed by atoms with Crippen LogP contribution in [0.15, 0.2) is 77.6 Å². The van der Waals surface area contributed by atoms with Crippen LogP contribution in [0.4, 0.5) is 5.69 Å². The molecule has 1 amide bonds. The van der Waals surface area contributed by atoms with Crippen LogP contribution < -0.4 is 21.5 Å². The summed E-state index contributed by atoms with van der Waals surface area (Å²) in [6, 6.07) is 19.2. The van der Waals surface area contributed by atoms with Gasteiger partial charge in [0.2, 0.25) is 0 Å². The zero-order valence-corrected chi connectivity index (χ0v) is 21.2. The van der Waals surface area contributed by atoms with Crippen molar-refractivity contribution in [2.24, 2.45) is 5.73 Å². The van der Waals surface area contributed by atoms with Crippen LogP contribution in [0, 0.1) is 5.41 Å². The lowest BCUT2D eigenvalue weighted by Gasteiger charge is -2.19. The second-order valence-corrected chi connectivity index (χ2v) is 8.76. The van der Waals surface area contributed by atoms with Crippen molar-refractivity contribution in [1.29, 1.82) is 5.41 Å². The largest absolute Gasteiger partial charge is 0.484 e. The third kappa shape index (κ3) is 6.13. The maximum Gasteiger partial charge on any atom is 0.348 e. The number of nitrogens with two attached hydrogens (primary N) is 1. The number of amidine groups is 1. The highest BCUT2D eigenvalue weighted by Crippen LogP contribution is 2.27. The molecule has 0 radical (unpaired) electrons. The molecule has 0 fully saturated rings. The number of carboxylic acid groups (broad SMARTS) is 1. The van der Waals surface area contributed by atoms with E-state index in [1.54, 1.807) is 74.8 Å². The van der Waals surface area contributed by atoms with E-state index in [0.29, 0.717) is 22.6 Å². The Morgan fingerprint density at radius 3 is 2.38 bits per heavy atom. The van der Waals surface area contributed by atoms with E-state index < -0.39 is 17.7 Å². The lowest BCUT2D eigenvalue weighted by Crippen LogP contribution is -2.27. The molecule has 1 heterocycles. The Morgan fingerprint density at radius 1 is 1.10 bits per heavy atom. The van der Waals surface area contributed by atoms with Gasteiger partial charge in [0.1, 0.15) is 17.6 Å². The van der Waals surface area contributed by atoms with Crippen LogP contribution in [0.3, 0.4) is 0 Å². The zero-order chi connectivity index (χ0) is 28.1. The first-order valence-electron chi connectivity index (χ1n) is 11.8. The summed E-state index contributed by atoms with van der Waals surface area (Å²) in [7, 11) is 3.28. The molecule has 4 rings (SSSR count). The van der Waals surface area contributed by atoms with Gasteiger partial charge in [0.15, 0.2) is 12.4 Å². The number of aromatic amines is 1. The number of carbonyl (C=O) groups excluding carboxylic acids is 1. The molecule has 0 saturated carbocycles. The first-order valence-corrected chi connectivity index (χ1v) is 11.8. The number of rotatable bonds is 10. The fourth-order valence-corrected chi connectivity index (χ4v) is 3.73. The number of aromatic carboxylic acids is 1. The number of likely N-dealkylation sites (N-methyl/N-ethyl adjacent to an activating group) is 1. The van der Waals surface area contributed by atoms with Gasteiger partial charge in [-0.25, -0.2) is 9.59 Å². The number of aromatic nitrogens is 3. The maximum atomic E-state index is 12.9. The summed E-state index contributed by atoms with van der Waals surface area (Å²) in [5.41, 5.74) is 6.90. The molecule has 6 N–H and O–H groups in total. The fraction of sp³-hybridized carbons (Fsp3) is 0.148. The Balaban J connectivity index is 1.71. The van der Waals surface area contributed by atoms with Gasteiger partial charge in [0.25, 0.3) is 5.91 Å². The van der Waals surface area contributed by atoms with E-state index in [9.17, 15) is 19.5 Å². The van der Waals surface area contributed by atoms with Crippen LogP contribution in [-0.2, 0) is 4.79 Å². The van der Waals surface area contributed by atoms with E-state index in [0.717, 1.165) is 4.68 Å². The van der Waals surface area contributed by atoms with Gasteiger partial charge in [0, 0.05) is 25.3 Å². The van der Waals surface area contributed by atoms with Crippen molar-refractivity contribution in [2.45, 2.75) is 6.04 Å². The molecule has 0 aliphatic rings.